The number of nitrogens with zero attached hydrogens (tertiary/aromatic N) is 1. The highest BCUT2D eigenvalue weighted by molar-refractivity contribution is 14.1. The van der Waals surface area contributed by atoms with Gasteiger partial charge in [0.1, 0.15) is 11.8 Å². The van der Waals surface area contributed by atoms with Crippen LogP contribution < -0.4 is 10.1 Å². The molecular weight excluding hydrogens is 547 g/mol. The van der Waals surface area contributed by atoms with Crippen LogP contribution >= 0.6 is 22.6 Å². The van der Waals surface area contributed by atoms with Gasteiger partial charge in [0.25, 0.3) is 5.91 Å². The van der Waals surface area contributed by atoms with Crippen molar-refractivity contribution in [3.63, 3.8) is 0 Å². The van der Waals surface area contributed by atoms with Crippen molar-refractivity contribution in [2.24, 2.45) is 5.92 Å². The van der Waals surface area contributed by atoms with E-state index in [-0.39, 0.29) is 18.6 Å². The summed E-state index contributed by atoms with van der Waals surface area (Å²) < 4.78 is 6.40. The maximum atomic E-state index is 12.8. The molecule has 0 bridgehead atoms. The highest BCUT2D eigenvalue weighted by atomic mass is 127. The third kappa shape index (κ3) is 5.89. The monoisotopic (exact) mass is 576 g/mol. The summed E-state index contributed by atoms with van der Waals surface area (Å²) >= 11 is 2.05. The number of halogens is 1. The van der Waals surface area contributed by atoms with Crippen molar-refractivity contribution in [1.29, 1.82) is 0 Å². The summed E-state index contributed by atoms with van der Waals surface area (Å²) in [5.74, 6) is -0.520. The summed E-state index contributed by atoms with van der Waals surface area (Å²) in [6.07, 6.45) is 6.65. The van der Waals surface area contributed by atoms with Gasteiger partial charge in [-0.3, -0.25) is 4.79 Å². The first-order valence-electron chi connectivity index (χ1n) is 11.8. The number of aliphatic carboxylic acids is 1. The average molecular weight is 576 g/mol. The Morgan fingerprint density at radius 2 is 1.74 bits per heavy atom. The van der Waals surface area contributed by atoms with Crippen LogP contribution in [-0.4, -0.2) is 46.6 Å². The number of fused-ring (bicyclic) bond motifs is 1. The molecule has 2 amide bonds. The second-order valence-electron chi connectivity index (χ2n) is 9.01. The number of carboxylic acids is 1. The number of carbonyl (C=O) groups excluding carboxylic acids is 2. The van der Waals surface area contributed by atoms with E-state index in [1.54, 1.807) is 42.5 Å². The number of likely N-dealkylation sites (tertiary alicyclic amines) is 1. The van der Waals surface area contributed by atoms with Crippen LogP contribution in [-0.2, 0) is 11.2 Å². The van der Waals surface area contributed by atoms with Crippen LogP contribution in [0.2, 0.25) is 0 Å². The van der Waals surface area contributed by atoms with Gasteiger partial charge >= 0.3 is 12.1 Å². The summed E-state index contributed by atoms with van der Waals surface area (Å²) in [6, 6.07) is 13.0. The molecule has 1 saturated heterocycles. The number of amides is 2. The van der Waals surface area contributed by atoms with E-state index in [1.165, 1.54) is 19.3 Å². The predicted octanol–water partition coefficient (Wildman–Crippen LogP) is 4.87. The smallest absolute Gasteiger partial charge is 0.415 e. The van der Waals surface area contributed by atoms with Gasteiger partial charge < -0.3 is 20.1 Å². The highest BCUT2D eigenvalue weighted by Gasteiger charge is 2.36. The number of piperidine rings is 1. The molecule has 34 heavy (non-hydrogen) atoms. The number of rotatable bonds is 6. The maximum Gasteiger partial charge on any atom is 0.415 e. The lowest BCUT2D eigenvalue weighted by atomic mass is 9.78. The third-order valence-corrected chi connectivity index (χ3v) is 7.71. The second kappa shape index (κ2) is 11.2. The summed E-state index contributed by atoms with van der Waals surface area (Å²) in [5.41, 5.74) is 1.16. The van der Waals surface area contributed by atoms with Crippen molar-refractivity contribution < 1.29 is 24.2 Å². The van der Waals surface area contributed by atoms with Crippen molar-refractivity contribution >= 4 is 40.6 Å². The Balaban J connectivity index is 1.36. The van der Waals surface area contributed by atoms with E-state index >= 15 is 0 Å². The van der Waals surface area contributed by atoms with Crippen LogP contribution in [0.5, 0.6) is 5.75 Å². The first-order chi connectivity index (χ1) is 16.4. The molecule has 2 aromatic carbocycles. The molecule has 1 heterocycles. The maximum absolute atomic E-state index is 12.8. The van der Waals surface area contributed by atoms with E-state index in [0.29, 0.717) is 17.2 Å². The molecule has 8 heteroatoms. The van der Waals surface area contributed by atoms with Gasteiger partial charge in [-0.15, -0.1) is 0 Å². The number of ether oxygens (including phenoxy) is 1. The Morgan fingerprint density at radius 3 is 2.47 bits per heavy atom. The SMILES string of the molecule is O=C(N[C@@H](Cc1ccc(OC(=O)N2CCCC3CCCCC32)cc1)C(=O)O)c1ccccc1I. The van der Waals surface area contributed by atoms with Gasteiger partial charge in [0, 0.05) is 22.6 Å². The molecule has 0 aromatic heterocycles. The molecule has 1 aliphatic heterocycles. The molecule has 180 valence electrons. The van der Waals surface area contributed by atoms with Crippen molar-refractivity contribution in [3.05, 3.63) is 63.2 Å². The second-order valence-corrected chi connectivity index (χ2v) is 10.2. The molecule has 2 aromatic rings. The van der Waals surface area contributed by atoms with E-state index in [0.717, 1.165) is 34.9 Å². The van der Waals surface area contributed by atoms with Crippen molar-refractivity contribution in [3.8, 4) is 5.75 Å². The molecule has 2 N–H and O–H groups in total. The lowest BCUT2D eigenvalue weighted by Crippen LogP contribution is -2.50. The summed E-state index contributed by atoms with van der Waals surface area (Å²) in [6.45, 7) is 0.735. The molecule has 2 unspecified atom stereocenters. The van der Waals surface area contributed by atoms with Crippen molar-refractivity contribution in [2.45, 2.75) is 57.0 Å². The minimum Gasteiger partial charge on any atom is -0.480 e. The van der Waals surface area contributed by atoms with E-state index in [1.807, 2.05) is 33.6 Å². The first-order valence-corrected chi connectivity index (χ1v) is 12.9. The Labute approximate surface area is 213 Å². The van der Waals surface area contributed by atoms with Gasteiger partial charge in [-0.05, 0) is 84.0 Å². The minimum atomic E-state index is -1.11. The fourth-order valence-electron chi connectivity index (χ4n) is 5.02. The Morgan fingerprint density at radius 1 is 1.03 bits per heavy atom. The zero-order valence-electron chi connectivity index (χ0n) is 18.9. The number of benzene rings is 2. The molecule has 1 aliphatic carbocycles. The van der Waals surface area contributed by atoms with E-state index in [4.69, 9.17) is 4.74 Å². The fraction of sp³-hybridized carbons (Fsp3) is 0.423. The van der Waals surface area contributed by atoms with E-state index in [2.05, 4.69) is 5.32 Å². The van der Waals surface area contributed by atoms with Crippen LogP contribution in [0.4, 0.5) is 4.79 Å². The van der Waals surface area contributed by atoms with E-state index < -0.39 is 17.9 Å². The molecule has 2 aliphatic rings. The Kier molecular flexibility index (Phi) is 8.07. The topological polar surface area (TPSA) is 95.9 Å². The van der Waals surface area contributed by atoms with Gasteiger partial charge in [-0.1, -0.05) is 37.1 Å². The standard InChI is InChI=1S/C26H29IN2O5/c27-21-9-3-2-8-20(21)24(30)28-22(25(31)32)16-17-11-13-19(14-12-17)34-26(33)29-15-5-7-18-6-1-4-10-23(18)29/h2-3,8-9,11-14,18,22-23H,1,4-7,10,15-16H2,(H,28,30)(H,31,32)/t18?,22-,23?/m0/s1. The zero-order chi connectivity index (χ0) is 24.1. The van der Waals surface area contributed by atoms with Crippen LogP contribution in [0, 0.1) is 9.49 Å². The van der Waals surface area contributed by atoms with Gasteiger partial charge in [-0.2, -0.15) is 0 Å². The predicted molar refractivity (Wildman–Crippen MR) is 136 cm³/mol. The average Bonchev–Trinajstić information content (AvgIpc) is 2.84. The number of hydrogen-bond acceptors (Lipinski definition) is 4. The summed E-state index contributed by atoms with van der Waals surface area (Å²) in [7, 11) is 0. The molecule has 0 radical (unpaired) electrons. The van der Waals surface area contributed by atoms with Gasteiger partial charge in [0.15, 0.2) is 0 Å². The van der Waals surface area contributed by atoms with Crippen LogP contribution in [0.25, 0.3) is 0 Å². The lowest BCUT2D eigenvalue weighted by molar-refractivity contribution is -0.139. The molecule has 7 nitrogen and oxygen atoms in total. The van der Waals surface area contributed by atoms with Gasteiger partial charge in [0.2, 0.25) is 0 Å². The van der Waals surface area contributed by atoms with Crippen LogP contribution in [0.3, 0.4) is 0 Å². The summed E-state index contributed by atoms with van der Waals surface area (Å²) in [5, 5.41) is 12.2. The molecule has 2 fully saturated rings. The quantitative estimate of drug-likeness (QED) is 0.479. The van der Waals surface area contributed by atoms with Crippen molar-refractivity contribution in [1.82, 2.24) is 10.2 Å². The number of nitrogens with one attached hydrogen (secondary N) is 1. The normalized spacial score (nSPS) is 20.7. The highest BCUT2D eigenvalue weighted by Crippen LogP contribution is 2.35. The Bertz CT molecular complexity index is 1040. The molecule has 0 spiro atoms. The Hall–Kier alpha value is -2.62. The molecule has 4 rings (SSSR count). The molecule has 3 atom stereocenters. The lowest BCUT2D eigenvalue weighted by Gasteiger charge is -2.43. The largest absolute Gasteiger partial charge is 0.480 e. The fourth-order valence-corrected chi connectivity index (χ4v) is 5.65. The minimum absolute atomic E-state index is 0.120. The third-order valence-electron chi connectivity index (χ3n) is 6.77. The van der Waals surface area contributed by atoms with Gasteiger partial charge in [-0.25, -0.2) is 9.59 Å². The zero-order valence-corrected chi connectivity index (χ0v) is 21.1. The van der Waals surface area contributed by atoms with E-state index in [9.17, 15) is 19.5 Å². The first kappa shape index (κ1) is 24.5. The van der Waals surface area contributed by atoms with Crippen molar-refractivity contribution in [2.75, 3.05) is 6.54 Å². The number of carboxylic acid groups (broad SMARTS) is 1. The van der Waals surface area contributed by atoms with Crippen LogP contribution in [0.15, 0.2) is 48.5 Å². The van der Waals surface area contributed by atoms with Gasteiger partial charge in [0.05, 0.1) is 5.56 Å². The molecular formula is C26H29IN2O5. The number of carbonyl (C=O) groups is 3. The summed E-state index contributed by atoms with van der Waals surface area (Å²) in [4.78, 5) is 39.0. The van der Waals surface area contributed by atoms with Crippen LogP contribution in [0.1, 0.15) is 54.4 Å². The number of hydrogen-bond donors (Lipinski definition) is 2. The molecule has 1 saturated carbocycles.